The van der Waals surface area contributed by atoms with E-state index in [9.17, 15) is 0 Å². The first-order chi connectivity index (χ1) is 8.20. The summed E-state index contributed by atoms with van der Waals surface area (Å²) < 4.78 is 5.06. The molecule has 92 valence electrons. The van der Waals surface area contributed by atoms with Gasteiger partial charge in [-0.05, 0) is 36.4 Å². The highest BCUT2D eigenvalue weighted by atomic mass is 32.1. The molecule has 2 aromatic rings. The Morgan fingerprint density at radius 2 is 2.41 bits per heavy atom. The number of rotatable bonds is 5. The van der Waals surface area contributed by atoms with Crippen LogP contribution in [0.5, 0.6) is 0 Å². The van der Waals surface area contributed by atoms with E-state index < -0.39 is 0 Å². The molecule has 4 nitrogen and oxygen atoms in total. The lowest BCUT2D eigenvalue weighted by atomic mass is 10.1. The lowest BCUT2D eigenvalue weighted by Crippen LogP contribution is -2.29. The monoisotopic (exact) mass is 251 g/mol. The van der Waals surface area contributed by atoms with Crippen molar-refractivity contribution >= 4 is 11.3 Å². The Bertz CT molecular complexity index is 452. The molecular weight excluding hydrogens is 234 g/mol. The summed E-state index contributed by atoms with van der Waals surface area (Å²) >= 11 is 1.69. The number of hydrogen-bond donors (Lipinski definition) is 1. The van der Waals surface area contributed by atoms with Crippen LogP contribution < -0.4 is 5.73 Å². The Hall–Kier alpha value is -1.17. The zero-order valence-corrected chi connectivity index (χ0v) is 10.9. The van der Waals surface area contributed by atoms with Crippen molar-refractivity contribution in [1.29, 1.82) is 0 Å². The summed E-state index contributed by atoms with van der Waals surface area (Å²) in [5.41, 5.74) is 8.05. The largest absolute Gasteiger partial charge is 0.361 e. The maximum atomic E-state index is 5.84. The van der Waals surface area contributed by atoms with Crippen molar-refractivity contribution in [3.8, 4) is 0 Å². The minimum absolute atomic E-state index is 0.234. The van der Waals surface area contributed by atoms with Crippen LogP contribution in [0.2, 0.25) is 0 Å². The number of aryl methyl sites for hydroxylation is 1. The Morgan fingerprint density at radius 3 is 2.94 bits per heavy atom. The van der Waals surface area contributed by atoms with Gasteiger partial charge in [-0.3, -0.25) is 4.90 Å². The van der Waals surface area contributed by atoms with Gasteiger partial charge in [-0.25, -0.2) is 0 Å². The average Bonchev–Trinajstić information content (AvgIpc) is 2.92. The zero-order valence-electron chi connectivity index (χ0n) is 10.1. The highest BCUT2D eigenvalue weighted by Gasteiger charge is 2.17. The minimum Gasteiger partial charge on any atom is -0.361 e. The molecule has 0 saturated carbocycles. The molecule has 0 bridgehead atoms. The Balaban J connectivity index is 2.05. The molecule has 0 amide bonds. The second-order valence-corrected chi connectivity index (χ2v) is 4.93. The van der Waals surface area contributed by atoms with Crippen molar-refractivity contribution in [3.63, 3.8) is 0 Å². The van der Waals surface area contributed by atoms with E-state index in [1.54, 1.807) is 11.3 Å². The van der Waals surface area contributed by atoms with E-state index in [0.717, 1.165) is 18.0 Å². The predicted molar refractivity (Wildman–Crippen MR) is 68.8 cm³/mol. The molecule has 0 fully saturated rings. The van der Waals surface area contributed by atoms with Crippen LogP contribution in [0.1, 0.15) is 23.1 Å². The van der Waals surface area contributed by atoms with Crippen molar-refractivity contribution < 1.29 is 4.52 Å². The molecule has 0 aliphatic carbocycles. The molecule has 1 atom stereocenters. The molecule has 0 radical (unpaired) electrons. The summed E-state index contributed by atoms with van der Waals surface area (Å²) in [4.78, 5) is 2.19. The Labute approximate surface area is 105 Å². The van der Waals surface area contributed by atoms with Crippen LogP contribution in [0.3, 0.4) is 0 Å². The predicted octanol–water partition coefficient (Wildman–Crippen LogP) is 2.18. The van der Waals surface area contributed by atoms with Crippen LogP contribution in [-0.4, -0.2) is 23.6 Å². The normalized spacial score (nSPS) is 13.2. The first-order valence-electron chi connectivity index (χ1n) is 5.55. The van der Waals surface area contributed by atoms with E-state index in [2.05, 4.69) is 33.9 Å². The second kappa shape index (κ2) is 5.44. The summed E-state index contributed by atoms with van der Waals surface area (Å²) in [6.45, 7) is 3.24. The SMILES string of the molecule is Cc1cc(CN(C)C(CN)c2ccsc2)no1. The fraction of sp³-hybridized carbons (Fsp3) is 0.417. The fourth-order valence-corrected chi connectivity index (χ4v) is 2.60. The van der Waals surface area contributed by atoms with E-state index in [4.69, 9.17) is 10.3 Å². The molecule has 1 unspecified atom stereocenters. The third kappa shape index (κ3) is 2.94. The van der Waals surface area contributed by atoms with Crippen molar-refractivity contribution in [2.75, 3.05) is 13.6 Å². The van der Waals surface area contributed by atoms with Gasteiger partial charge in [0.15, 0.2) is 0 Å². The van der Waals surface area contributed by atoms with Gasteiger partial charge in [0.1, 0.15) is 5.76 Å². The van der Waals surface area contributed by atoms with Gasteiger partial charge in [0.2, 0.25) is 0 Å². The minimum atomic E-state index is 0.234. The molecule has 0 saturated heterocycles. The lowest BCUT2D eigenvalue weighted by molar-refractivity contribution is 0.234. The summed E-state index contributed by atoms with van der Waals surface area (Å²) in [5, 5.41) is 8.22. The van der Waals surface area contributed by atoms with Crippen molar-refractivity contribution in [2.24, 2.45) is 5.73 Å². The van der Waals surface area contributed by atoms with E-state index in [0.29, 0.717) is 6.54 Å². The quantitative estimate of drug-likeness (QED) is 0.885. The summed E-state index contributed by atoms with van der Waals surface area (Å²) in [6, 6.07) is 4.31. The van der Waals surface area contributed by atoms with Crippen molar-refractivity contribution in [1.82, 2.24) is 10.1 Å². The first kappa shape index (κ1) is 12.3. The van der Waals surface area contributed by atoms with Gasteiger partial charge in [0.25, 0.3) is 0 Å². The smallest absolute Gasteiger partial charge is 0.133 e. The molecule has 0 aliphatic heterocycles. The van der Waals surface area contributed by atoms with Crippen LogP contribution in [0.15, 0.2) is 27.4 Å². The van der Waals surface area contributed by atoms with Gasteiger partial charge in [0.05, 0.1) is 5.69 Å². The maximum absolute atomic E-state index is 5.84. The first-order valence-corrected chi connectivity index (χ1v) is 6.49. The van der Waals surface area contributed by atoms with E-state index >= 15 is 0 Å². The highest BCUT2D eigenvalue weighted by Crippen LogP contribution is 2.22. The van der Waals surface area contributed by atoms with Gasteiger partial charge < -0.3 is 10.3 Å². The summed E-state index contributed by atoms with van der Waals surface area (Å²) in [5.74, 6) is 0.841. The lowest BCUT2D eigenvalue weighted by Gasteiger charge is -2.25. The standard InChI is InChI=1S/C12H17N3OS/c1-9-5-11(14-16-9)7-15(2)12(6-13)10-3-4-17-8-10/h3-5,8,12H,6-7,13H2,1-2H3. The molecular formula is C12H17N3OS. The Morgan fingerprint density at radius 1 is 1.59 bits per heavy atom. The number of aromatic nitrogens is 1. The molecule has 17 heavy (non-hydrogen) atoms. The molecule has 0 aliphatic rings. The average molecular weight is 251 g/mol. The van der Waals surface area contributed by atoms with E-state index in [1.165, 1.54) is 5.56 Å². The second-order valence-electron chi connectivity index (χ2n) is 4.15. The molecule has 0 aromatic carbocycles. The molecule has 5 heteroatoms. The molecule has 2 N–H and O–H groups in total. The van der Waals surface area contributed by atoms with Crippen LogP contribution in [0.4, 0.5) is 0 Å². The topological polar surface area (TPSA) is 55.3 Å². The zero-order chi connectivity index (χ0) is 12.3. The van der Waals surface area contributed by atoms with E-state index in [1.807, 2.05) is 13.0 Å². The summed E-state index contributed by atoms with van der Waals surface area (Å²) in [7, 11) is 2.05. The molecule has 0 spiro atoms. The third-order valence-corrected chi connectivity index (χ3v) is 3.47. The van der Waals surface area contributed by atoms with Gasteiger partial charge in [0, 0.05) is 25.2 Å². The number of hydrogen-bond acceptors (Lipinski definition) is 5. The Kier molecular flexibility index (Phi) is 3.93. The molecule has 2 aromatic heterocycles. The van der Waals surface area contributed by atoms with Crippen LogP contribution in [0, 0.1) is 6.92 Å². The van der Waals surface area contributed by atoms with Gasteiger partial charge in [-0.15, -0.1) is 0 Å². The maximum Gasteiger partial charge on any atom is 0.133 e. The number of thiophene rings is 1. The van der Waals surface area contributed by atoms with Crippen LogP contribution in [0.25, 0.3) is 0 Å². The van der Waals surface area contributed by atoms with E-state index in [-0.39, 0.29) is 6.04 Å². The van der Waals surface area contributed by atoms with Gasteiger partial charge in [-0.1, -0.05) is 5.16 Å². The molecule has 2 heterocycles. The molecule has 2 rings (SSSR count). The highest BCUT2D eigenvalue weighted by molar-refractivity contribution is 7.07. The number of likely N-dealkylation sites (N-methyl/N-ethyl adjacent to an activating group) is 1. The number of nitrogens with two attached hydrogens (primary N) is 1. The van der Waals surface area contributed by atoms with Gasteiger partial charge in [-0.2, -0.15) is 11.3 Å². The fourth-order valence-electron chi connectivity index (χ4n) is 1.89. The van der Waals surface area contributed by atoms with Crippen molar-refractivity contribution in [2.45, 2.75) is 19.5 Å². The third-order valence-electron chi connectivity index (χ3n) is 2.77. The van der Waals surface area contributed by atoms with Crippen molar-refractivity contribution in [3.05, 3.63) is 39.9 Å². The number of nitrogens with zero attached hydrogens (tertiary/aromatic N) is 2. The van der Waals surface area contributed by atoms with Crippen LogP contribution >= 0.6 is 11.3 Å². The van der Waals surface area contributed by atoms with Gasteiger partial charge >= 0.3 is 0 Å². The van der Waals surface area contributed by atoms with Crippen LogP contribution in [-0.2, 0) is 6.54 Å². The summed E-state index contributed by atoms with van der Waals surface area (Å²) in [6.07, 6.45) is 0.